The highest BCUT2D eigenvalue weighted by atomic mass is 16.7. The first kappa shape index (κ1) is 21.0. The number of carbonyl (C=O) groups is 4. The molecule has 0 unspecified atom stereocenters. The van der Waals surface area contributed by atoms with Gasteiger partial charge in [-0.15, -0.1) is 0 Å². The number of hydrogen-bond donors (Lipinski definition) is 0. The highest BCUT2D eigenvalue weighted by Gasteiger charge is 2.22. The van der Waals surface area contributed by atoms with Gasteiger partial charge < -0.3 is 28.4 Å². The van der Waals surface area contributed by atoms with Crippen LogP contribution in [0.1, 0.15) is 31.1 Å². The van der Waals surface area contributed by atoms with E-state index in [1.807, 2.05) is 0 Å². The smallest absolute Gasteiger partial charge is 0.343 e. The summed E-state index contributed by atoms with van der Waals surface area (Å²) in [6.07, 6.45) is 0.122. The minimum atomic E-state index is -0.839. The van der Waals surface area contributed by atoms with Gasteiger partial charge in [-0.1, -0.05) is 0 Å². The molecule has 170 valence electrons. The maximum Gasteiger partial charge on any atom is 0.343 e. The van der Waals surface area contributed by atoms with Crippen molar-refractivity contribution in [1.29, 1.82) is 0 Å². The molecule has 10 heteroatoms. The average Bonchev–Trinajstić information content (AvgIpc) is 3.52. The normalized spacial score (nSPS) is 12.7. The first-order valence-corrected chi connectivity index (χ1v) is 9.89. The number of rotatable bonds is 6. The van der Waals surface area contributed by atoms with Crippen molar-refractivity contribution in [3.05, 3.63) is 71.3 Å². The van der Waals surface area contributed by atoms with Gasteiger partial charge in [0.1, 0.15) is 0 Å². The predicted octanol–water partition coefficient (Wildman–Crippen LogP) is 2.96. The first-order chi connectivity index (χ1) is 16.5. The third-order valence-electron chi connectivity index (χ3n) is 4.96. The SMILES string of the molecule is O=CC(=O)c1ccc(OC(=O)c2ccc3c(c2)OCO3)c(OC(=O)c2ccc3c(c2)OCO3)c1. The zero-order valence-corrected chi connectivity index (χ0v) is 17.3. The van der Waals surface area contributed by atoms with Crippen molar-refractivity contribution in [3.8, 4) is 34.5 Å². The van der Waals surface area contributed by atoms with Gasteiger partial charge in [-0.2, -0.15) is 0 Å². The molecule has 0 bridgehead atoms. The molecule has 2 heterocycles. The number of fused-ring (bicyclic) bond motifs is 2. The third-order valence-corrected chi connectivity index (χ3v) is 4.96. The summed E-state index contributed by atoms with van der Waals surface area (Å²) in [5, 5.41) is 0. The van der Waals surface area contributed by atoms with E-state index in [0.717, 1.165) is 6.07 Å². The van der Waals surface area contributed by atoms with Crippen molar-refractivity contribution >= 4 is 24.0 Å². The van der Waals surface area contributed by atoms with Crippen LogP contribution in [0, 0.1) is 0 Å². The maximum atomic E-state index is 12.8. The van der Waals surface area contributed by atoms with Gasteiger partial charge in [0, 0.05) is 5.56 Å². The number of carbonyl (C=O) groups excluding carboxylic acids is 4. The molecule has 0 saturated carbocycles. The number of hydrogen-bond acceptors (Lipinski definition) is 10. The Morgan fingerprint density at radius 2 is 1.12 bits per heavy atom. The van der Waals surface area contributed by atoms with Gasteiger partial charge in [-0.05, 0) is 54.6 Å². The lowest BCUT2D eigenvalue weighted by atomic mass is 10.1. The Morgan fingerprint density at radius 1 is 0.618 bits per heavy atom. The van der Waals surface area contributed by atoms with E-state index in [-0.39, 0.29) is 48.1 Å². The third kappa shape index (κ3) is 3.99. The molecule has 34 heavy (non-hydrogen) atoms. The predicted molar refractivity (Wildman–Crippen MR) is 112 cm³/mol. The summed E-state index contributed by atoms with van der Waals surface area (Å²) in [5.74, 6) is -1.06. The van der Waals surface area contributed by atoms with E-state index in [0.29, 0.717) is 23.0 Å². The molecule has 10 nitrogen and oxygen atoms in total. The molecular formula is C24H14O10. The van der Waals surface area contributed by atoms with Crippen molar-refractivity contribution < 1.29 is 47.6 Å². The number of benzene rings is 3. The maximum absolute atomic E-state index is 12.8. The number of ketones is 1. The van der Waals surface area contributed by atoms with E-state index in [1.54, 1.807) is 12.1 Å². The first-order valence-electron chi connectivity index (χ1n) is 9.89. The molecule has 0 spiro atoms. The van der Waals surface area contributed by atoms with Crippen LogP contribution < -0.4 is 28.4 Å². The second-order valence-electron chi connectivity index (χ2n) is 7.06. The van der Waals surface area contributed by atoms with Crippen LogP contribution in [-0.4, -0.2) is 37.6 Å². The Labute approximate surface area is 191 Å². The van der Waals surface area contributed by atoms with Gasteiger partial charge in [0.05, 0.1) is 11.1 Å². The van der Waals surface area contributed by atoms with Crippen molar-refractivity contribution in [2.75, 3.05) is 13.6 Å². The van der Waals surface area contributed by atoms with Gasteiger partial charge in [-0.3, -0.25) is 9.59 Å². The Morgan fingerprint density at radius 3 is 1.68 bits per heavy atom. The van der Waals surface area contributed by atoms with Gasteiger partial charge in [0.25, 0.3) is 0 Å². The van der Waals surface area contributed by atoms with Crippen LogP contribution in [-0.2, 0) is 4.79 Å². The minimum Gasteiger partial charge on any atom is -0.454 e. The summed E-state index contributed by atoms with van der Waals surface area (Å²) in [6, 6.07) is 12.6. The van der Waals surface area contributed by atoms with E-state index in [9.17, 15) is 19.2 Å². The summed E-state index contributed by atoms with van der Waals surface area (Å²) < 4.78 is 31.8. The molecule has 2 aliphatic rings. The fourth-order valence-corrected chi connectivity index (χ4v) is 3.26. The fraction of sp³-hybridized carbons (Fsp3) is 0.0833. The molecule has 0 amide bonds. The topological polar surface area (TPSA) is 124 Å². The zero-order chi connectivity index (χ0) is 23.7. The molecule has 0 atom stereocenters. The Hall–Kier alpha value is -4.86. The van der Waals surface area contributed by atoms with E-state index >= 15 is 0 Å². The van der Waals surface area contributed by atoms with Crippen LogP contribution in [0.2, 0.25) is 0 Å². The molecule has 0 aliphatic carbocycles. The van der Waals surface area contributed by atoms with Crippen molar-refractivity contribution in [1.82, 2.24) is 0 Å². The molecule has 5 rings (SSSR count). The Balaban J connectivity index is 1.42. The average molecular weight is 462 g/mol. The summed E-state index contributed by atoms with van der Waals surface area (Å²) in [7, 11) is 0. The Bertz CT molecular complexity index is 1340. The molecule has 3 aromatic carbocycles. The van der Waals surface area contributed by atoms with Gasteiger partial charge >= 0.3 is 11.9 Å². The van der Waals surface area contributed by atoms with Crippen molar-refractivity contribution in [2.45, 2.75) is 0 Å². The van der Waals surface area contributed by atoms with Crippen LogP contribution in [0.3, 0.4) is 0 Å². The van der Waals surface area contributed by atoms with E-state index < -0.39 is 17.7 Å². The molecule has 3 aromatic rings. The Kier molecular flexibility index (Phi) is 5.30. The molecule has 2 aliphatic heterocycles. The summed E-state index contributed by atoms with van der Waals surface area (Å²) in [6.45, 7) is 0.0731. The van der Waals surface area contributed by atoms with Crippen LogP contribution in [0.15, 0.2) is 54.6 Å². The van der Waals surface area contributed by atoms with Crippen LogP contribution in [0.25, 0.3) is 0 Å². The fourth-order valence-electron chi connectivity index (χ4n) is 3.26. The van der Waals surface area contributed by atoms with Crippen molar-refractivity contribution in [3.63, 3.8) is 0 Å². The zero-order valence-electron chi connectivity index (χ0n) is 17.3. The quantitative estimate of drug-likeness (QED) is 0.178. The standard InChI is InChI=1S/C24H14O10/c25-10-16(26)13-1-6-19(33-23(27)14-2-4-17-20(8-14)31-11-29-17)22(7-13)34-24(28)15-3-5-18-21(9-15)32-12-30-18/h1-10H,11-12H2. The molecule has 0 saturated heterocycles. The number of aldehydes is 1. The summed E-state index contributed by atoms with van der Waals surface area (Å²) in [5.41, 5.74) is 0.237. The number of ether oxygens (including phenoxy) is 6. The highest BCUT2D eigenvalue weighted by Crippen LogP contribution is 2.35. The van der Waals surface area contributed by atoms with Gasteiger partial charge in [0.2, 0.25) is 19.4 Å². The molecule has 0 N–H and O–H groups in total. The monoisotopic (exact) mass is 462 g/mol. The minimum absolute atomic E-state index is 0.0314. The van der Waals surface area contributed by atoms with Crippen LogP contribution >= 0.6 is 0 Å². The molecule has 0 fully saturated rings. The van der Waals surface area contributed by atoms with E-state index in [4.69, 9.17) is 28.4 Å². The van der Waals surface area contributed by atoms with Crippen LogP contribution in [0.4, 0.5) is 0 Å². The van der Waals surface area contributed by atoms with E-state index in [2.05, 4.69) is 0 Å². The second kappa shape index (κ2) is 8.58. The molecule has 0 aromatic heterocycles. The molecule has 0 radical (unpaired) electrons. The highest BCUT2D eigenvalue weighted by molar-refractivity contribution is 6.33. The number of Topliss-reactive ketones (excluding diaryl/α,β-unsaturated/α-hetero) is 1. The molecular weight excluding hydrogens is 448 g/mol. The van der Waals surface area contributed by atoms with Crippen LogP contribution in [0.5, 0.6) is 34.5 Å². The van der Waals surface area contributed by atoms with Crippen molar-refractivity contribution in [2.24, 2.45) is 0 Å². The summed E-state index contributed by atoms with van der Waals surface area (Å²) in [4.78, 5) is 48.2. The lowest BCUT2D eigenvalue weighted by molar-refractivity contribution is -0.104. The summed E-state index contributed by atoms with van der Waals surface area (Å²) >= 11 is 0. The number of esters is 2. The largest absolute Gasteiger partial charge is 0.454 e. The lowest BCUT2D eigenvalue weighted by Gasteiger charge is -2.12. The van der Waals surface area contributed by atoms with E-state index in [1.165, 1.54) is 36.4 Å². The van der Waals surface area contributed by atoms with Gasteiger partial charge in [0.15, 0.2) is 40.8 Å². The van der Waals surface area contributed by atoms with Gasteiger partial charge in [-0.25, -0.2) is 9.59 Å². The second-order valence-corrected chi connectivity index (χ2v) is 7.06. The lowest BCUT2D eigenvalue weighted by Crippen LogP contribution is -2.13.